The van der Waals surface area contributed by atoms with Crippen molar-refractivity contribution in [1.82, 2.24) is 4.31 Å². The number of methoxy groups -OCH3 is 1. The summed E-state index contributed by atoms with van der Waals surface area (Å²) in [6.45, 7) is 1.69. The van der Waals surface area contributed by atoms with Crippen LogP contribution < -0.4 is 5.73 Å². The Kier molecular flexibility index (Phi) is 3.89. The molecule has 2 rings (SSSR count). The van der Waals surface area contributed by atoms with Crippen LogP contribution in [0.15, 0.2) is 29.2 Å². The summed E-state index contributed by atoms with van der Waals surface area (Å²) >= 11 is 0. The van der Waals surface area contributed by atoms with Crippen molar-refractivity contribution in [3.8, 4) is 0 Å². The van der Waals surface area contributed by atoms with Crippen LogP contribution in [0.3, 0.4) is 0 Å². The van der Waals surface area contributed by atoms with Crippen LogP contribution in [0.2, 0.25) is 0 Å². The van der Waals surface area contributed by atoms with Crippen molar-refractivity contribution in [3.63, 3.8) is 0 Å². The molecule has 0 bridgehead atoms. The van der Waals surface area contributed by atoms with Gasteiger partial charge in [0.15, 0.2) is 0 Å². The lowest BCUT2D eigenvalue weighted by atomic mass is 10.1. The predicted molar refractivity (Wildman–Crippen MR) is 69.6 cm³/mol. The maximum atomic E-state index is 12.3. The molecule has 1 aromatic carbocycles. The number of nitrogens with zero attached hydrogens (tertiary/aromatic N) is 1. The van der Waals surface area contributed by atoms with Gasteiger partial charge in [-0.05, 0) is 36.6 Å². The molecule has 1 saturated heterocycles. The van der Waals surface area contributed by atoms with E-state index in [-0.39, 0.29) is 0 Å². The second-order valence-electron chi connectivity index (χ2n) is 4.54. The molecule has 6 heteroatoms. The first kappa shape index (κ1) is 13.3. The summed E-state index contributed by atoms with van der Waals surface area (Å²) in [7, 11) is -1.75. The van der Waals surface area contributed by atoms with Gasteiger partial charge in [0.2, 0.25) is 10.0 Å². The van der Waals surface area contributed by atoms with Crippen molar-refractivity contribution in [2.75, 3.05) is 32.5 Å². The highest BCUT2D eigenvalue weighted by molar-refractivity contribution is 7.89. The van der Waals surface area contributed by atoms with Gasteiger partial charge in [0.25, 0.3) is 0 Å². The van der Waals surface area contributed by atoms with E-state index in [1.807, 2.05) is 0 Å². The number of rotatable bonds is 4. The quantitative estimate of drug-likeness (QED) is 0.826. The van der Waals surface area contributed by atoms with E-state index in [1.165, 1.54) is 4.31 Å². The lowest BCUT2D eigenvalue weighted by Gasteiger charge is -2.16. The average Bonchev–Trinajstić information content (AvgIpc) is 2.79. The van der Waals surface area contributed by atoms with Gasteiger partial charge in [-0.2, -0.15) is 4.31 Å². The fourth-order valence-corrected chi connectivity index (χ4v) is 3.71. The first-order valence-electron chi connectivity index (χ1n) is 5.88. The molecule has 1 aliphatic heterocycles. The molecular formula is C12H18N2O3S. The SMILES string of the molecule is COCC1CCN(S(=O)(=O)c2ccc(N)cc2)C1. The minimum atomic E-state index is -3.38. The standard InChI is InChI=1S/C12H18N2O3S/c1-17-9-10-6-7-14(8-10)18(15,16)12-4-2-11(13)3-5-12/h2-5,10H,6-9,13H2,1H3. The second-order valence-corrected chi connectivity index (χ2v) is 6.48. The van der Waals surface area contributed by atoms with Gasteiger partial charge < -0.3 is 10.5 Å². The number of hydrogen-bond acceptors (Lipinski definition) is 4. The number of benzene rings is 1. The molecule has 18 heavy (non-hydrogen) atoms. The fourth-order valence-electron chi connectivity index (χ4n) is 2.18. The van der Waals surface area contributed by atoms with Crippen LogP contribution >= 0.6 is 0 Å². The van der Waals surface area contributed by atoms with E-state index in [9.17, 15) is 8.42 Å². The molecule has 1 unspecified atom stereocenters. The zero-order chi connectivity index (χ0) is 13.2. The molecular weight excluding hydrogens is 252 g/mol. The highest BCUT2D eigenvalue weighted by atomic mass is 32.2. The molecule has 1 fully saturated rings. The Balaban J connectivity index is 2.15. The predicted octanol–water partition coefficient (Wildman–Crippen LogP) is 0.926. The first-order chi connectivity index (χ1) is 8.54. The van der Waals surface area contributed by atoms with Gasteiger partial charge >= 0.3 is 0 Å². The van der Waals surface area contributed by atoms with E-state index in [2.05, 4.69) is 0 Å². The molecule has 0 spiro atoms. The molecule has 0 aromatic heterocycles. The lowest BCUT2D eigenvalue weighted by molar-refractivity contribution is 0.157. The number of ether oxygens (including phenoxy) is 1. The third-order valence-corrected chi connectivity index (χ3v) is 5.05. The van der Waals surface area contributed by atoms with Gasteiger partial charge in [-0.15, -0.1) is 0 Å². The van der Waals surface area contributed by atoms with Crippen molar-refractivity contribution in [2.45, 2.75) is 11.3 Å². The maximum Gasteiger partial charge on any atom is 0.243 e. The summed E-state index contributed by atoms with van der Waals surface area (Å²) in [4.78, 5) is 0.301. The Morgan fingerprint density at radius 3 is 2.67 bits per heavy atom. The molecule has 0 radical (unpaired) electrons. The number of nitrogens with two attached hydrogens (primary N) is 1. The number of hydrogen-bond donors (Lipinski definition) is 1. The van der Waals surface area contributed by atoms with Gasteiger partial charge in [0.1, 0.15) is 0 Å². The molecule has 1 heterocycles. The summed E-state index contributed by atoms with van der Waals surface area (Å²) in [5, 5.41) is 0. The highest BCUT2D eigenvalue weighted by Gasteiger charge is 2.32. The van der Waals surface area contributed by atoms with Crippen LogP contribution in [-0.4, -0.2) is 39.5 Å². The zero-order valence-corrected chi connectivity index (χ0v) is 11.2. The van der Waals surface area contributed by atoms with Gasteiger partial charge in [-0.25, -0.2) is 8.42 Å². The summed E-state index contributed by atoms with van der Waals surface area (Å²) in [5.41, 5.74) is 6.12. The minimum absolute atomic E-state index is 0.290. The number of sulfonamides is 1. The molecule has 1 aliphatic rings. The van der Waals surface area contributed by atoms with Crippen LogP contribution in [0.4, 0.5) is 5.69 Å². The molecule has 2 N–H and O–H groups in total. The summed E-state index contributed by atoms with van der Waals surface area (Å²) in [5.74, 6) is 0.290. The van der Waals surface area contributed by atoms with Crippen LogP contribution in [0.25, 0.3) is 0 Å². The third kappa shape index (κ3) is 2.66. The molecule has 0 amide bonds. The number of nitrogen functional groups attached to an aromatic ring is 1. The Morgan fingerprint density at radius 2 is 2.06 bits per heavy atom. The number of anilines is 1. The van der Waals surface area contributed by atoms with E-state index in [1.54, 1.807) is 31.4 Å². The monoisotopic (exact) mass is 270 g/mol. The van der Waals surface area contributed by atoms with Gasteiger partial charge in [-0.1, -0.05) is 0 Å². The fraction of sp³-hybridized carbons (Fsp3) is 0.500. The lowest BCUT2D eigenvalue weighted by Crippen LogP contribution is -2.29. The van der Waals surface area contributed by atoms with Gasteiger partial charge in [0, 0.05) is 25.9 Å². The van der Waals surface area contributed by atoms with Gasteiger partial charge in [-0.3, -0.25) is 0 Å². The summed E-state index contributed by atoms with van der Waals surface area (Å²) in [6, 6.07) is 6.31. The van der Waals surface area contributed by atoms with Crippen LogP contribution in [-0.2, 0) is 14.8 Å². The van der Waals surface area contributed by atoms with E-state index in [0.29, 0.717) is 36.2 Å². The van der Waals surface area contributed by atoms with Crippen molar-refractivity contribution in [2.24, 2.45) is 5.92 Å². The normalized spacial score (nSPS) is 21.3. The Labute approximate surface area is 108 Å². The van der Waals surface area contributed by atoms with E-state index in [0.717, 1.165) is 6.42 Å². The average molecular weight is 270 g/mol. The molecule has 100 valence electrons. The minimum Gasteiger partial charge on any atom is -0.399 e. The first-order valence-corrected chi connectivity index (χ1v) is 7.32. The largest absolute Gasteiger partial charge is 0.399 e. The van der Waals surface area contributed by atoms with E-state index >= 15 is 0 Å². The molecule has 0 saturated carbocycles. The van der Waals surface area contributed by atoms with Crippen LogP contribution in [0.1, 0.15) is 6.42 Å². The van der Waals surface area contributed by atoms with Crippen molar-refractivity contribution in [3.05, 3.63) is 24.3 Å². The van der Waals surface area contributed by atoms with Crippen LogP contribution in [0, 0.1) is 5.92 Å². The molecule has 1 aromatic rings. The third-order valence-electron chi connectivity index (χ3n) is 3.17. The smallest absolute Gasteiger partial charge is 0.243 e. The Hall–Kier alpha value is -1.11. The molecule has 5 nitrogen and oxygen atoms in total. The molecule has 1 atom stereocenters. The van der Waals surface area contributed by atoms with Gasteiger partial charge in [0.05, 0.1) is 11.5 Å². The Bertz CT molecular complexity index is 499. The van der Waals surface area contributed by atoms with Crippen molar-refractivity contribution in [1.29, 1.82) is 0 Å². The Morgan fingerprint density at radius 1 is 1.39 bits per heavy atom. The summed E-state index contributed by atoms with van der Waals surface area (Å²) in [6.07, 6.45) is 0.849. The van der Waals surface area contributed by atoms with E-state index in [4.69, 9.17) is 10.5 Å². The topological polar surface area (TPSA) is 72.6 Å². The van der Waals surface area contributed by atoms with E-state index < -0.39 is 10.0 Å². The van der Waals surface area contributed by atoms with Crippen LogP contribution in [0.5, 0.6) is 0 Å². The highest BCUT2D eigenvalue weighted by Crippen LogP contribution is 2.24. The van der Waals surface area contributed by atoms with Crippen molar-refractivity contribution >= 4 is 15.7 Å². The molecule has 0 aliphatic carbocycles. The summed E-state index contributed by atoms with van der Waals surface area (Å²) < 4.78 is 31.3. The second kappa shape index (κ2) is 5.26. The maximum absolute atomic E-state index is 12.3. The van der Waals surface area contributed by atoms with Crippen molar-refractivity contribution < 1.29 is 13.2 Å². The zero-order valence-electron chi connectivity index (χ0n) is 10.4.